The Labute approximate surface area is 172 Å². The Bertz CT molecular complexity index is 942. The van der Waals surface area contributed by atoms with Crippen LogP contribution in [-0.2, 0) is 4.79 Å². The summed E-state index contributed by atoms with van der Waals surface area (Å²) in [6.45, 7) is 0.355. The van der Waals surface area contributed by atoms with E-state index in [0.29, 0.717) is 36.6 Å². The molecule has 0 aliphatic carbocycles. The molecule has 0 bridgehead atoms. The Morgan fingerprint density at radius 2 is 1.73 bits per heavy atom. The molecule has 0 radical (unpaired) electrons. The van der Waals surface area contributed by atoms with Crippen molar-refractivity contribution >= 4 is 29.0 Å². The molecule has 3 rings (SSSR count). The zero-order valence-corrected chi connectivity index (χ0v) is 16.6. The highest BCUT2D eigenvalue weighted by atomic mass is 16.6. The van der Waals surface area contributed by atoms with Crippen LogP contribution in [0.2, 0.25) is 0 Å². The fourth-order valence-corrected chi connectivity index (χ4v) is 3.39. The van der Waals surface area contributed by atoms with E-state index in [2.05, 4.69) is 10.6 Å². The third-order valence-corrected chi connectivity index (χ3v) is 4.83. The molecule has 1 unspecified atom stereocenters. The summed E-state index contributed by atoms with van der Waals surface area (Å²) < 4.78 is 10.6. The van der Waals surface area contributed by atoms with Gasteiger partial charge >= 0.3 is 6.03 Å². The highest BCUT2D eigenvalue weighted by molar-refractivity contribution is 6.01. The second-order valence-corrected chi connectivity index (χ2v) is 6.58. The quantitative estimate of drug-likeness (QED) is 0.552. The van der Waals surface area contributed by atoms with Gasteiger partial charge in [0.2, 0.25) is 5.91 Å². The van der Waals surface area contributed by atoms with E-state index in [0.717, 1.165) is 0 Å². The first-order chi connectivity index (χ1) is 14.5. The van der Waals surface area contributed by atoms with Crippen LogP contribution in [0.25, 0.3) is 0 Å². The number of anilines is 2. The molecule has 1 aliphatic heterocycles. The van der Waals surface area contributed by atoms with Gasteiger partial charge in [0.15, 0.2) is 0 Å². The van der Waals surface area contributed by atoms with E-state index < -0.39 is 22.9 Å². The van der Waals surface area contributed by atoms with E-state index in [1.165, 1.54) is 37.3 Å². The number of hydrogen-bond donors (Lipinski definition) is 2. The zero-order chi connectivity index (χ0) is 21.7. The standard InChI is InChI=1S/C20H22N4O6/c1-29-16-10-5-11-17(30-2)18(16)22-19(25)15-9-6-12-23(15)20(26)21-13-7-3-4-8-14(13)24(27)28/h3-5,7-8,10-11,15H,6,9,12H2,1-2H3,(H,21,26)(H,22,25). The van der Waals surface area contributed by atoms with E-state index >= 15 is 0 Å². The molecule has 1 atom stereocenters. The predicted octanol–water partition coefficient (Wildman–Crippen LogP) is 3.25. The largest absolute Gasteiger partial charge is 0.494 e. The minimum atomic E-state index is -0.734. The van der Waals surface area contributed by atoms with Crippen LogP contribution < -0.4 is 20.1 Å². The summed E-state index contributed by atoms with van der Waals surface area (Å²) >= 11 is 0. The second-order valence-electron chi connectivity index (χ2n) is 6.58. The summed E-state index contributed by atoms with van der Waals surface area (Å²) in [5, 5.41) is 16.5. The number of rotatable bonds is 6. The molecule has 0 spiro atoms. The maximum Gasteiger partial charge on any atom is 0.322 e. The number of likely N-dealkylation sites (tertiary alicyclic amines) is 1. The van der Waals surface area contributed by atoms with Gasteiger partial charge in [-0.05, 0) is 31.0 Å². The van der Waals surface area contributed by atoms with Crippen molar-refractivity contribution in [2.45, 2.75) is 18.9 Å². The summed E-state index contributed by atoms with van der Waals surface area (Å²) in [6.07, 6.45) is 1.10. The topological polar surface area (TPSA) is 123 Å². The van der Waals surface area contributed by atoms with E-state index in [9.17, 15) is 19.7 Å². The maximum atomic E-state index is 12.9. The Kier molecular flexibility index (Phi) is 6.35. The number of para-hydroxylation sites is 3. The summed E-state index contributed by atoms with van der Waals surface area (Å²) in [5.41, 5.74) is 0.230. The van der Waals surface area contributed by atoms with Crippen LogP contribution in [0.5, 0.6) is 11.5 Å². The van der Waals surface area contributed by atoms with E-state index in [1.54, 1.807) is 24.3 Å². The third kappa shape index (κ3) is 4.27. The van der Waals surface area contributed by atoms with Crippen molar-refractivity contribution in [3.05, 3.63) is 52.6 Å². The maximum absolute atomic E-state index is 12.9. The molecule has 1 heterocycles. The molecular formula is C20H22N4O6. The van der Waals surface area contributed by atoms with Crippen molar-refractivity contribution < 1.29 is 24.0 Å². The van der Waals surface area contributed by atoms with Gasteiger partial charge in [-0.25, -0.2) is 4.79 Å². The number of urea groups is 1. The average Bonchev–Trinajstić information content (AvgIpc) is 3.24. The number of nitro benzene ring substituents is 1. The van der Waals surface area contributed by atoms with Crippen molar-refractivity contribution in [3.8, 4) is 11.5 Å². The number of hydrogen-bond acceptors (Lipinski definition) is 6. The molecule has 158 valence electrons. The number of methoxy groups -OCH3 is 2. The molecule has 0 aromatic heterocycles. The number of carbonyl (C=O) groups excluding carboxylic acids is 2. The summed E-state index contributed by atoms with van der Waals surface area (Å²) in [6, 6.07) is 9.65. The first-order valence-electron chi connectivity index (χ1n) is 9.29. The Hall–Kier alpha value is -3.82. The lowest BCUT2D eigenvalue weighted by Gasteiger charge is -2.25. The Balaban J connectivity index is 1.77. The van der Waals surface area contributed by atoms with Crippen molar-refractivity contribution in [1.82, 2.24) is 4.90 Å². The van der Waals surface area contributed by atoms with Crippen molar-refractivity contribution in [2.75, 3.05) is 31.4 Å². The van der Waals surface area contributed by atoms with Crippen LogP contribution in [0.4, 0.5) is 21.9 Å². The molecule has 30 heavy (non-hydrogen) atoms. The lowest BCUT2D eigenvalue weighted by atomic mass is 10.2. The smallest absolute Gasteiger partial charge is 0.322 e. The normalized spacial score (nSPS) is 15.4. The van der Waals surface area contributed by atoms with Gasteiger partial charge in [-0.2, -0.15) is 0 Å². The molecule has 1 aliphatic rings. The molecule has 2 aromatic rings. The monoisotopic (exact) mass is 414 g/mol. The van der Waals surface area contributed by atoms with Crippen molar-refractivity contribution in [2.24, 2.45) is 0 Å². The number of amides is 3. The molecule has 1 saturated heterocycles. The van der Waals surface area contributed by atoms with Gasteiger partial charge in [0.25, 0.3) is 5.69 Å². The molecule has 10 nitrogen and oxygen atoms in total. The number of benzene rings is 2. The predicted molar refractivity (Wildman–Crippen MR) is 110 cm³/mol. The number of nitrogens with zero attached hydrogens (tertiary/aromatic N) is 2. The number of nitrogens with one attached hydrogen (secondary N) is 2. The van der Waals surface area contributed by atoms with E-state index in [-0.39, 0.29) is 11.4 Å². The van der Waals surface area contributed by atoms with E-state index in [4.69, 9.17) is 9.47 Å². The lowest BCUT2D eigenvalue weighted by molar-refractivity contribution is -0.383. The number of nitro groups is 1. The molecule has 1 fully saturated rings. The first-order valence-corrected chi connectivity index (χ1v) is 9.29. The fourth-order valence-electron chi connectivity index (χ4n) is 3.39. The molecule has 3 amide bonds. The zero-order valence-electron chi connectivity index (χ0n) is 16.6. The SMILES string of the molecule is COc1cccc(OC)c1NC(=O)C1CCCN1C(=O)Nc1ccccc1[N+](=O)[O-]. The van der Waals surface area contributed by atoms with Gasteiger partial charge in [-0.15, -0.1) is 0 Å². The van der Waals surface area contributed by atoms with Crippen molar-refractivity contribution in [3.63, 3.8) is 0 Å². The van der Waals surface area contributed by atoms with Gasteiger partial charge in [0.05, 0.1) is 19.1 Å². The van der Waals surface area contributed by atoms with Crippen molar-refractivity contribution in [1.29, 1.82) is 0 Å². The highest BCUT2D eigenvalue weighted by Crippen LogP contribution is 2.35. The van der Waals surface area contributed by atoms with Crippen LogP contribution in [0, 0.1) is 10.1 Å². The van der Waals surface area contributed by atoms with Gasteiger partial charge in [-0.1, -0.05) is 18.2 Å². The van der Waals surface area contributed by atoms with E-state index in [1.807, 2.05) is 0 Å². The summed E-state index contributed by atoms with van der Waals surface area (Å²) in [7, 11) is 2.96. The number of ether oxygens (including phenoxy) is 2. The highest BCUT2D eigenvalue weighted by Gasteiger charge is 2.35. The third-order valence-electron chi connectivity index (χ3n) is 4.83. The van der Waals surface area contributed by atoms with Crippen LogP contribution in [0.1, 0.15) is 12.8 Å². The molecule has 0 saturated carbocycles. The van der Waals surface area contributed by atoms with Gasteiger partial charge in [0, 0.05) is 12.6 Å². The molecular weight excluding hydrogens is 392 g/mol. The first kappa shape index (κ1) is 20.9. The molecule has 2 N–H and O–H groups in total. The molecule has 2 aromatic carbocycles. The van der Waals surface area contributed by atoms with Gasteiger partial charge < -0.3 is 25.0 Å². The average molecular weight is 414 g/mol. The fraction of sp³-hybridized carbons (Fsp3) is 0.300. The van der Waals surface area contributed by atoms with Crippen LogP contribution in [-0.4, -0.2) is 48.6 Å². The van der Waals surface area contributed by atoms with Gasteiger partial charge in [0.1, 0.15) is 28.9 Å². The minimum absolute atomic E-state index is 0.0740. The summed E-state index contributed by atoms with van der Waals surface area (Å²) in [5.74, 6) is 0.459. The lowest BCUT2D eigenvalue weighted by Crippen LogP contribution is -2.45. The van der Waals surface area contributed by atoms with Gasteiger partial charge in [-0.3, -0.25) is 14.9 Å². The minimum Gasteiger partial charge on any atom is -0.494 e. The van der Waals surface area contributed by atoms with Crippen LogP contribution >= 0.6 is 0 Å². The van der Waals surface area contributed by atoms with Crippen LogP contribution in [0.15, 0.2) is 42.5 Å². The Morgan fingerprint density at radius 3 is 2.37 bits per heavy atom. The van der Waals surface area contributed by atoms with Crippen LogP contribution in [0.3, 0.4) is 0 Å². The summed E-state index contributed by atoms with van der Waals surface area (Å²) in [4.78, 5) is 37.7. The molecule has 10 heteroatoms. The Morgan fingerprint density at radius 1 is 1.07 bits per heavy atom. The number of carbonyl (C=O) groups is 2. The second kappa shape index (κ2) is 9.12.